The van der Waals surface area contributed by atoms with E-state index in [4.69, 9.17) is 37.0 Å². The smallest absolute Gasteiger partial charge is 0.462 e. The number of aliphatic hydroxyl groups excluding tert-OH is 1. The van der Waals surface area contributed by atoms with Gasteiger partial charge in [-0.15, -0.1) is 0 Å². The van der Waals surface area contributed by atoms with E-state index in [-0.39, 0.29) is 25.7 Å². The van der Waals surface area contributed by atoms with Crippen LogP contribution in [0.2, 0.25) is 0 Å². The van der Waals surface area contributed by atoms with Crippen LogP contribution in [0.5, 0.6) is 0 Å². The first-order valence-corrected chi connectivity index (χ1v) is 41.5. The number of hydrogen-bond acceptors (Lipinski definition) is 15. The molecule has 3 N–H and O–H groups in total. The summed E-state index contributed by atoms with van der Waals surface area (Å²) in [6.07, 6.45) is 53.3. The number of esters is 4. The molecule has 0 spiro atoms. The molecule has 93 heavy (non-hydrogen) atoms. The Bertz CT molecular complexity index is 1810. The van der Waals surface area contributed by atoms with Crippen molar-refractivity contribution in [3.05, 3.63) is 0 Å². The van der Waals surface area contributed by atoms with E-state index in [2.05, 4.69) is 41.5 Å². The van der Waals surface area contributed by atoms with E-state index >= 15 is 0 Å². The zero-order valence-electron chi connectivity index (χ0n) is 60.6. The van der Waals surface area contributed by atoms with Crippen LogP contribution in [0.25, 0.3) is 0 Å². The average molecular weight is 1370 g/mol. The molecule has 6 atom stereocenters. The van der Waals surface area contributed by atoms with E-state index in [1.165, 1.54) is 193 Å². The monoisotopic (exact) mass is 1370 g/mol. The van der Waals surface area contributed by atoms with Crippen LogP contribution in [-0.4, -0.2) is 96.7 Å². The summed E-state index contributed by atoms with van der Waals surface area (Å²) in [6, 6.07) is 0. The summed E-state index contributed by atoms with van der Waals surface area (Å²) in [5.74, 6) is -0.586. The lowest BCUT2D eigenvalue weighted by atomic mass is 9.99. The van der Waals surface area contributed by atoms with Gasteiger partial charge in [0.2, 0.25) is 0 Å². The molecule has 0 heterocycles. The zero-order chi connectivity index (χ0) is 68.6. The topological polar surface area (TPSA) is 237 Å². The minimum Gasteiger partial charge on any atom is -0.462 e. The lowest BCUT2D eigenvalue weighted by Gasteiger charge is -2.21. The van der Waals surface area contributed by atoms with Gasteiger partial charge in [0.25, 0.3) is 0 Å². The molecule has 0 amide bonds. The Morgan fingerprint density at radius 3 is 0.817 bits per heavy atom. The Morgan fingerprint density at radius 2 is 0.548 bits per heavy atom. The minimum absolute atomic E-state index is 0.104. The second-order valence-corrected chi connectivity index (χ2v) is 30.3. The number of ether oxygens (including phenoxy) is 4. The third-order valence-corrected chi connectivity index (χ3v) is 19.5. The van der Waals surface area contributed by atoms with E-state index in [0.717, 1.165) is 108 Å². The van der Waals surface area contributed by atoms with Gasteiger partial charge in [0.1, 0.15) is 19.3 Å². The first-order valence-electron chi connectivity index (χ1n) is 38.5. The number of hydrogen-bond donors (Lipinski definition) is 3. The molecule has 0 rings (SSSR count). The van der Waals surface area contributed by atoms with E-state index in [9.17, 15) is 43.2 Å². The van der Waals surface area contributed by atoms with Crippen molar-refractivity contribution in [3.8, 4) is 0 Å². The molecule has 3 unspecified atom stereocenters. The first-order chi connectivity index (χ1) is 44.9. The number of phosphoric ester groups is 2. The highest BCUT2D eigenvalue weighted by atomic mass is 31.2. The van der Waals surface area contributed by atoms with Crippen LogP contribution in [0.4, 0.5) is 0 Å². The average Bonchev–Trinajstić information content (AvgIpc) is 2.60. The van der Waals surface area contributed by atoms with Gasteiger partial charge < -0.3 is 33.8 Å². The molecule has 0 aliphatic rings. The van der Waals surface area contributed by atoms with Crippen molar-refractivity contribution < 1.29 is 80.2 Å². The highest BCUT2D eigenvalue weighted by Gasteiger charge is 2.30. The van der Waals surface area contributed by atoms with Crippen molar-refractivity contribution in [3.63, 3.8) is 0 Å². The quantitative estimate of drug-likeness (QED) is 0.0222. The highest BCUT2D eigenvalue weighted by Crippen LogP contribution is 2.45. The van der Waals surface area contributed by atoms with E-state index in [1.54, 1.807) is 0 Å². The van der Waals surface area contributed by atoms with Gasteiger partial charge >= 0.3 is 39.5 Å². The van der Waals surface area contributed by atoms with Gasteiger partial charge in [0, 0.05) is 25.7 Å². The number of unbranched alkanes of at least 4 members (excludes halogenated alkanes) is 42. The van der Waals surface area contributed by atoms with Crippen molar-refractivity contribution in [1.82, 2.24) is 0 Å². The van der Waals surface area contributed by atoms with Crippen molar-refractivity contribution in [2.45, 2.75) is 400 Å². The largest absolute Gasteiger partial charge is 0.472 e. The predicted molar refractivity (Wildman–Crippen MR) is 377 cm³/mol. The van der Waals surface area contributed by atoms with Gasteiger partial charge in [-0.05, 0) is 37.5 Å². The zero-order valence-corrected chi connectivity index (χ0v) is 62.3. The van der Waals surface area contributed by atoms with Crippen molar-refractivity contribution in [2.75, 3.05) is 39.6 Å². The Labute approximate surface area is 568 Å². The van der Waals surface area contributed by atoms with Gasteiger partial charge in [-0.25, -0.2) is 9.13 Å². The summed E-state index contributed by atoms with van der Waals surface area (Å²) in [6.45, 7) is 9.48. The summed E-state index contributed by atoms with van der Waals surface area (Å²) >= 11 is 0. The fourth-order valence-corrected chi connectivity index (χ4v) is 12.8. The minimum atomic E-state index is -4.95. The molecule has 19 heteroatoms. The maximum absolute atomic E-state index is 13.1. The molecule has 552 valence electrons. The predicted octanol–water partition coefficient (Wildman–Crippen LogP) is 21.6. The lowest BCUT2D eigenvalue weighted by Crippen LogP contribution is -2.30. The fraction of sp³-hybridized carbons (Fsp3) is 0.946. The summed E-state index contributed by atoms with van der Waals surface area (Å²) in [7, 11) is -9.90. The molecule has 0 aromatic carbocycles. The van der Waals surface area contributed by atoms with Gasteiger partial charge in [-0.3, -0.25) is 37.3 Å². The molecule has 0 fully saturated rings. The van der Waals surface area contributed by atoms with Crippen LogP contribution >= 0.6 is 15.6 Å². The van der Waals surface area contributed by atoms with Crippen LogP contribution in [0.3, 0.4) is 0 Å². The number of aliphatic hydroxyl groups is 1. The molecule has 0 saturated heterocycles. The molecule has 0 aromatic heterocycles. The van der Waals surface area contributed by atoms with Gasteiger partial charge in [-0.1, -0.05) is 330 Å². The standard InChI is InChI=1S/C74H144O17P2/c1-7-10-12-14-15-16-17-18-19-20-21-22-23-24-25-26-27-28-35-40-46-52-58-73(78)91-70(63-85-72(77)57-51-45-39-34-30-29-33-38-44-49-55-67(6)9-3)65-89-93(82,83)87-61-68(75)60-86-92(80,81)88-64-69(62-84-71(76)56-50-42-13-11-8-2)90-74(79)59-53-47-41-36-31-32-37-43-48-54-66(4)5/h66-70,75H,7-65H2,1-6H3,(H,80,81)(H,82,83)/t67?,68-,69+,70+/m0/s1. The van der Waals surface area contributed by atoms with Crippen LogP contribution in [-0.2, 0) is 65.4 Å². The Balaban J connectivity index is 5.11. The Hall–Kier alpha value is -1.94. The SMILES string of the molecule is CCCCCCCCCCCCCCCCCCCCCCCCC(=O)O[C@H](COC(=O)CCCCCCCCCCCCC(C)CC)COP(=O)(O)OC[C@@H](O)COP(=O)(O)OC[C@@H](COC(=O)CCCCCCC)OC(=O)CCCCCCCCCCCC(C)C. The summed E-state index contributed by atoms with van der Waals surface area (Å²) in [5.41, 5.74) is 0. The van der Waals surface area contributed by atoms with Crippen LogP contribution in [0.15, 0.2) is 0 Å². The van der Waals surface area contributed by atoms with Crippen LogP contribution in [0.1, 0.15) is 382 Å². The number of rotatable bonds is 73. The normalized spacial score (nSPS) is 14.3. The molecule has 0 aromatic rings. The maximum atomic E-state index is 13.1. The van der Waals surface area contributed by atoms with E-state index in [1.807, 2.05) is 0 Å². The second-order valence-electron chi connectivity index (χ2n) is 27.4. The third-order valence-electron chi connectivity index (χ3n) is 17.6. The Kier molecular flexibility index (Phi) is 64.6. The van der Waals surface area contributed by atoms with Gasteiger partial charge in [-0.2, -0.15) is 0 Å². The molecule has 0 aliphatic carbocycles. The van der Waals surface area contributed by atoms with Crippen molar-refractivity contribution in [1.29, 1.82) is 0 Å². The highest BCUT2D eigenvalue weighted by molar-refractivity contribution is 7.47. The van der Waals surface area contributed by atoms with Crippen molar-refractivity contribution >= 4 is 39.5 Å². The van der Waals surface area contributed by atoms with E-state index < -0.39 is 97.5 Å². The molecule has 0 bridgehead atoms. The van der Waals surface area contributed by atoms with E-state index in [0.29, 0.717) is 25.7 Å². The van der Waals surface area contributed by atoms with Crippen molar-refractivity contribution in [2.24, 2.45) is 11.8 Å². The third kappa shape index (κ3) is 67.0. The van der Waals surface area contributed by atoms with Gasteiger partial charge in [0.05, 0.1) is 26.4 Å². The Morgan fingerprint density at radius 1 is 0.312 bits per heavy atom. The summed E-state index contributed by atoms with van der Waals surface area (Å²) in [4.78, 5) is 72.4. The molecule has 0 saturated carbocycles. The summed E-state index contributed by atoms with van der Waals surface area (Å²) in [5, 5.41) is 10.6. The summed E-state index contributed by atoms with van der Waals surface area (Å²) < 4.78 is 68.2. The van der Waals surface area contributed by atoms with Gasteiger partial charge in [0.15, 0.2) is 12.2 Å². The molecule has 0 radical (unpaired) electrons. The van der Waals surface area contributed by atoms with Crippen LogP contribution < -0.4 is 0 Å². The van der Waals surface area contributed by atoms with Crippen LogP contribution in [0, 0.1) is 11.8 Å². The number of phosphoric acid groups is 2. The second kappa shape index (κ2) is 66.0. The lowest BCUT2D eigenvalue weighted by molar-refractivity contribution is -0.161. The fourth-order valence-electron chi connectivity index (χ4n) is 11.3. The number of carbonyl (C=O) groups is 4. The molecule has 0 aliphatic heterocycles. The number of carbonyl (C=O) groups excluding carboxylic acids is 4. The molecular formula is C74H144O17P2. The maximum Gasteiger partial charge on any atom is 0.472 e. The first kappa shape index (κ1) is 91.1. The molecule has 17 nitrogen and oxygen atoms in total. The molecular weight excluding hydrogens is 1220 g/mol.